The van der Waals surface area contributed by atoms with Crippen LogP contribution in [-0.4, -0.2) is 18.6 Å². The highest BCUT2D eigenvalue weighted by Crippen LogP contribution is 1.92. The highest BCUT2D eigenvalue weighted by atomic mass is 127. The van der Waals surface area contributed by atoms with Crippen LogP contribution in [-0.2, 0) is 0 Å². The number of nitrogens with two attached hydrogens (primary N) is 1. The van der Waals surface area contributed by atoms with Crippen molar-refractivity contribution in [2.24, 2.45) is 20.7 Å². The molecular formula is C5H6IN5. The predicted octanol–water partition coefficient (Wildman–Crippen LogP) is -4.93. The molecule has 0 aromatic heterocycles. The Hall–Kier alpha value is -0.760. The zero-order valence-electron chi connectivity index (χ0n) is 5.53. The van der Waals surface area contributed by atoms with E-state index in [0.29, 0.717) is 5.96 Å². The largest absolute Gasteiger partial charge is 1.00 e. The number of hydrogen-bond donors (Lipinski definition) is 2. The van der Waals surface area contributed by atoms with Gasteiger partial charge in [-0.15, -0.1) is 0 Å². The Morgan fingerprint density at radius 3 is 3.00 bits per heavy atom. The summed E-state index contributed by atoms with van der Waals surface area (Å²) in [6, 6.07) is 0. The van der Waals surface area contributed by atoms with Gasteiger partial charge in [0, 0.05) is 0 Å². The number of hydrogen-bond acceptors (Lipinski definition) is 4. The molecule has 5 nitrogen and oxygen atoms in total. The van der Waals surface area contributed by atoms with E-state index in [1.807, 2.05) is 0 Å². The van der Waals surface area contributed by atoms with Crippen molar-refractivity contribution in [3.8, 4) is 0 Å². The van der Waals surface area contributed by atoms with Crippen LogP contribution in [0.1, 0.15) is 0 Å². The van der Waals surface area contributed by atoms with Gasteiger partial charge < -0.3 is 29.7 Å². The smallest absolute Gasteiger partial charge is 0.312 e. The van der Waals surface area contributed by atoms with E-state index in [1.165, 1.54) is 6.34 Å². The molecular weight excluding hydrogens is 257 g/mol. The van der Waals surface area contributed by atoms with Gasteiger partial charge in [0.15, 0.2) is 0 Å². The SMILES string of the molecule is NC1=NC=NC2=CN=C[NH+]21.[I-]. The molecule has 0 amide bonds. The fourth-order valence-corrected chi connectivity index (χ4v) is 0.841. The molecule has 0 fully saturated rings. The van der Waals surface area contributed by atoms with Gasteiger partial charge >= 0.3 is 5.96 Å². The van der Waals surface area contributed by atoms with Crippen LogP contribution in [0, 0.1) is 0 Å². The molecule has 3 N–H and O–H groups in total. The Balaban J connectivity index is 0.000000605. The summed E-state index contributed by atoms with van der Waals surface area (Å²) in [5.41, 5.74) is 5.51. The molecule has 1 unspecified atom stereocenters. The molecule has 0 aromatic carbocycles. The van der Waals surface area contributed by atoms with Crippen molar-refractivity contribution in [3.05, 3.63) is 12.0 Å². The van der Waals surface area contributed by atoms with Gasteiger partial charge in [0.1, 0.15) is 12.5 Å². The summed E-state index contributed by atoms with van der Waals surface area (Å²) in [5, 5.41) is 0. The van der Waals surface area contributed by atoms with Gasteiger partial charge in [0.05, 0.1) is 0 Å². The van der Waals surface area contributed by atoms with Crippen LogP contribution in [0.3, 0.4) is 0 Å². The average molecular weight is 263 g/mol. The maximum atomic E-state index is 5.51. The van der Waals surface area contributed by atoms with Crippen molar-refractivity contribution in [3.63, 3.8) is 0 Å². The van der Waals surface area contributed by atoms with E-state index >= 15 is 0 Å². The van der Waals surface area contributed by atoms with Gasteiger partial charge in [-0.25, -0.2) is 4.99 Å². The van der Waals surface area contributed by atoms with E-state index in [9.17, 15) is 0 Å². The van der Waals surface area contributed by atoms with Crippen LogP contribution in [0.5, 0.6) is 0 Å². The van der Waals surface area contributed by atoms with Gasteiger partial charge in [-0.2, -0.15) is 14.9 Å². The monoisotopic (exact) mass is 263 g/mol. The minimum atomic E-state index is 0. The molecule has 11 heavy (non-hydrogen) atoms. The van der Waals surface area contributed by atoms with Gasteiger partial charge in [0.25, 0.3) is 5.82 Å². The van der Waals surface area contributed by atoms with Crippen molar-refractivity contribution < 1.29 is 28.9 Å². The molecule has 2 heterocycles. The molecule has 0 aromatic rings. The zero-order chi connectivity index (χ0) is 6.97. The molecule has 0 saturated heterocycles. The van der Waals surface area contributed by atoms with Crippen LogP contribution in [0.2, 0.25) is 0 Å². The molecule has 0 spiro atoms. The molecule has 0 bridgehead atoms. The molecule has 0 radical (unpaired) electrons. The Morgan fingerprint density at radius 2 is 2.27 bits per heavy atom. The number of quaternary nitrogens is 1. The van der Waals surface area contributed by atoms with Crippen molar-refractivity contribution in [1.82, 2.24) is 0 Å². The second-order valence-electron chi connectivity index (χ2n) is 1.97. The Labute approximate surface area is 80.4 Å². The Kier molecular flexibility index (Phi) is 2.35. The second kappa shape index (κ2) is 3.09. The summed E-state index contributed by atoms with van der Waals surface area (Å²) in [4.78, 5) is 12.5. The first-order chi connectivity index (χ1) is 4.88. The number of fused-ring (bicyclic) bond motifs is 1. The Morgan fingerprint density at radius 1 is 1.45 bits per heavy atom. The van der Waals surface area contributed by atoms with Crippen LogP contribution in [0.15, 0.2) is 27.0 Å². The lowest BCUT2D eigenvalue weighted by molar-refractivity contribution is -0.645. The molecule has 2 aliphatic heterocycles. The molecule has 1 atom stereocenters. The molecule has 0 saturated carbocycles. The fourth-order valence-electron chi connectivity index (χ4n) is 0.841. The normalized spacial score (nSPS) is 25.3. The number of guanidine groups is 1. The maximum absolute atomic E-state index is 5.51. The molecule has 2 rings (SSSR count). The second-order valence-corrected chi connectivity index (χ2v) is 1.97. The van der Waals surface area contributed by atoms with E-state index < -0.39 is 0 Å². The summed E-state index contributed by atoms with van der Waals surface area (Å²) >= 11 is 0. The van der Waals surface area contributed by atoms with E-state index in [4.69, 9.17) is 5.73 Å². The van der Waals surface area contributed by atoms with Crippen LogP contribution in [0.25, 0.3) is 0 Å². The lowest BCUT2D eigenvalue weighted by atomic mass is 10.6. The zero-order valence-corrected chi connectivity index (χ0v) is 7.69. The number of nitrogens with one attached hydrogen (secondary N) is 1. The molecule has 2 aliphatic rings. The predicted molar refractivity (Wildman–Crippen MR) is 37.7 cm³/mol. The van der Waals surface area contributed by atoms with Gasteiger partial charge in [0.2, 0.25) is 6.34 Å². The first-order valence-electron chi connectivity index (χ1n) is 2.85. The summed E-state index contributed by atoms with van der Waals surface area (Å²) in [5.74, 6) is 1.29. The summed E-state index contributed by atoms with van der Waals surface area (Å²) in [7, 11) is 0. The maximum Gasteiger partial charge on any atom is 0.312 e. The van der Waals surface area contributed by atoms with Gasteiger partial charge in [-0.3, -0.25) is 0 Å². The first-order valence-corrected chi connectivity index (χ1v) is 2.85. The average Bonchev–Trinajstić information content (AvgIpc) is 2.36. The molecule has 58 valence electrons. The number of halogens is 1. The number of aliphatic imine (C=N–C) groups is 3. The van der Waals surface area contributed by atoms with Crippen LogP contribution >= 0.6 is 0 Å². The topological polar surface area (TPSA) is 67.5 Å². The Bertz CT molecular complexity index is 277. The fraction of sp³-hybridized carbons (Fsp3) is 0. The first kappa shape index (κ1) is 8.34. The highest BCUT2D eigenvalue weighted by Gasteiger charge is 2.23. The summed E-state index contributed by atoms with van der Waals surface area (Å²) < 4.78 is 0. The standard InChI is InChI=1S/C5H5N5.HI/c6-5-9-2-8-4-1-7-3-10(4)5;/h1-3H,(H2,6,8,9);1H. The lowest BCUT2D eigenvalue weighted by Gasteiger charge is -2.08. The van der Waals surface area contributed by atoms with Crippen molar-refractivity contribution in [2.45, 2.75) is 0 Å². The van der Waals surface area contributed by atoms with E-state index in [2.05, 4.69) is 15.0 Å². The van der Waals surface area contributed by atoms with E-state index in [1.54, 1.807) is 12.5 Å². The third-order valence-electron chi connectivity index (χ3n) is 1.35. The minimum Gasteiger partial charge on any atom is -1.00 e. The van der Waals surface area contributed by atoms with Crippen LogP contribution in [0.4, 0.5) is 0 Å². The number of nitrogens with zero attached hydrogens (tertiary/aromatic N) is 3. The lowest BCUT2D eigenvalue weighted by Crippen LogP contribution is -3.13. The highest BCUT2D eigenvalue weighted by molar-refractivity contribution is 5.86. The van der Waals surface area contributed by atoms with Gasteiger partial charge in [-0.1, -0.05) is 0 Å². The number of rotatable bonds is 0. The molecule has 0 aliphatic carbocycles. The summed E-state index contributed by atoms with van der Waals surface area (Å²) in [6.07, 6.45) is 4.75. The van der Waals surface area contributed by atoms with E-state index in [-0.39, 0.29) is 24.0 Å². The summed E-state index contributed by atoms with van der Waals surface area (Å²) in [6.45, 7) is 0. The van der Waals surface area contributed by atoms with Gasteiger partial charge in [-0.05, 0) is 0 Å². The van der Waals surface area contributed by atoms with Crippen molar-refractivity contribution in [1.29, 1.82) is 0 Å². The van der Waals surface area contributed by atoms with Crippen molar-refractivity contribution >= 4 is 18.6 Å². The van der Waals surface area contributed by atoms with E-state index in [0.717, 1.165) is 10.7 Å². The third-order valence-corrected chi connectivity index (χ3v) is 1.35. The van der Waals surface area contributed by atoms with Crippen molar-refractivity contribution in [2.75, 3.05) is 0 Å². The molecule has 6 heteroatoms. The minimum absolute atomic E-state index is 0. The third kappa shape index (κ3) is 1.31. The quantitative estimate of drug-likeness (QED) is 0.423. The van der Waals surface area contributed by atoms with Crippen LogP contribution < -0.4 is 34.6 Å².